The van der Waals surface area contributed by atoms with Crippen molar-refractivity contribution in [2.24, 2.45) is 0 Å². The van der Waals surface area contributed by atoms with Crippen LogP contribution in [-0.2, 0) is 18.7 Å². The predicted octanol–water partition coefficient (Wildman–Crippen LogP) is 0.784. The van der Waals surface area contributed by atoms with E-state index in [0.717, 1.165) is 12.7 Å². The molecule has 0 rings (SSSR count). The van der Waals surface area contributed by atoms with E-state index in [2.05, 4.69) is 11.2 Å². The number of ether oxygens (including phenoxy) is 1. The maximum atomic E-state index is 10.8. The van der Waals surface area contributed by atoms with Crippen molar-refractivity contribution in [3.05, 3.63) is 12.7 Å². The molecule has 0 heterocycles. The largest absolute Gasteiger partial charge is 0.462 e. The van der Waals surface area contributed by atoms with E-state index in [1.807, 2.05) is 0 Å². The maximum absolute atomic E-state index is 10.8. The molecule has 0 aliphatic carbocycles. The van der Waals surface area contributed by atoms with Crippen LogP contribution >= 0.6 is 7.60 Å². The number of carbonyl (C=O) groups excluding carboxylic acids is 1. The van der Waals surface area contributed by atoms with E-state index in [-0.39, 0.29) is 6.61 Å². The molecule has 6 nitrogen and oxygen atoms in total. The van der Waals surface area contributed by atoms with Gasteiger partial charge in [0.1, 0.15) is 0 Å². The SMILES string of the molecule is C=CC(=O)OCCCN(C)OP(C)(=O)O. The minimum absolute atomic E-state index is 0.220. The minimum Gasteiger partial charge on any atom is -0.462 e. The van der Waals surface area contributed by atoms with Crippen molar-refractivity contribution in [1.82, 2.24) is 5.06 Å². The third-order valence-corrected chi connectivity index (χ3v) is 1.90. The second kappa shape index (κ2) is 6.74. The van der Waals surface area contributed by atoms with Crippen LogP contribution in [0.3, 0.4) is 0 Å². The van der Waals surface area contributed by atoms with Crippen LogP contribution in [0.1, 0.15) is 6.42 Å². The molecular formula is C8H16NO5P. The Bertz CT molecular complexity index is 262. The van der Waals surface area contributed by atoms with Gasteiger partial charge in [-0.15, -0.1) is 0 Å². The van der Waals surface area contributed by atoms with Crippen LogP contribution in [0, 0.1) is 0 Å². The summed E-state index contributed by atoms with van der Waals surface area (Å²) in [5, 5.41) is 1.24. The Labute approximate surface area is 89.0 Å². The van der Waals surface area contributed by atoms with Crippen LogP contribution in [0.25, 0.3) is 0 Å². The first-order valence-electron chi connectivity index (χ1n) is 4.35. The predicted molar refractivity (Wildman–Crippen MR) is 55.2 cm³/mol. The Balaban J connectivity index is 3.56. The number of hydrogen-bond acceptors (Lipinski definition) is 5. The molecule has 0 radical (unpaired) electrons. The number of nitrogens with zero attached hydrogens (tertiary/aromatic N) is 1. The van der Waals surface area contributed by atoms with Gasteiger partial charge in [-0.05, 0) is 6.42 Å². The Morgan fingerprint density at radius 3 is 2.73 bits per heavy atom. The second-order valence-corrected chi connectivity index (χ2v) is 4.73. The Morgan fingerprint density at radius 2 is 2.27 bits per heavy atom. The van der Waals surface area contributed by atoms with Gasteiger partial charge in [-0.1, -0.05) is 6.58 Å². The van der Waals surface area contributed by atoms with Gasteiger partial charge in [0.2, 0.25) is 0 Å². The average molecular weight is 237 g/mol. The molecule has 1 N–H and O–H groups in total. The molecule has 0 spiro atoms. The molecule has 0 saturated heterocycles. The van der Waals surface area contributed by atoms with Crippen LogP contribution in [0.2, 0.25) is 0 Å². The number of rotatable bonds is 7. The Morgan fingerprint density at radius 1 is 1.67 bits per heavy atom. The fourth-order valence-corrected chi connectivity index (χ4v) is 1.42. The molecule has 0 amide bonds. The normalized spacial score (nSPS) is 14.7. The fourth-order valence-electron chi connectivity index (χ4n) is 0.818. The zero-order chi connectivity index (χ0) is 11.9. The lowest BCUT2D eigenvalue weighted by Crippen LogP contribution is -2.20. The van der Waals surface area contributed by atoms with Gasteiger partial charge in [0, 0.05) is 26.3 Å². The van der Waals surface area contributed by atoms with Gasteiger partial charge < -0.3 is 9.63 Å². The molecule has 15 heavy (non-hydrogen) atoms. The van der Waals surface area contributed by atoms with Crippen molar-refractivity contribution >= 4 is 13.6 Å². The topological polar surface area (TPSA) is 76.1 Å². The zero-order valence-corrected chi connectivity index (χ0v) is 9.77. The van der Waals surface area contributed by atoms with Gasteiger partial charge in [-0.2, -0.15) is 5.06 Å². The van der Waals surface area contributed by atoms with Crippen molar-refractivity contribution in [2.45, 2.75) is 6.42 Å². The summed E-state index contributed by atoms with van der Waals surface area (Å²) in [7, 11) is -1.96. The molecule has 0 aromatic carbocycles. The van der Waals surface area contributed by atoms with Gasteiger partial charge in [-0.3, -0.25) is 4.57 Å². The van der Waals surface area contributed by atoms with Gasteiger partial charge in [0.25, 0.3) is 0 Å². The summed E-state index contributed by atoms with van der Waals surface area (Å²) in [6.07, 6.45) is 1.59. The number of esters is 1. The summed E-state index contributed by atoms with van der Waals surface area (Å²) in [6, 6.07) is 0. The minimum atomic E-state index is -3.49. The first kappa shape index (κ1) is 14.3. The van der Waals surface area contributed by atoms with Gasteiger partial charge in [-0.25, -0.2) is 9.42 Å². The van der Waals surface area contributed by atoms with Crippen molar-refractivity contribution in [3.63, 3.8) is 0 Å². The van der Waals surface area contributed by atoms with E-state index in [1.165, 1.54) is 12.1 Å². The third kappa shape index (κ3) is 9.62. The Hall–Kier alpha value is -0.680. The highest BCUT2D eigenvalue weighted by Crippen LogP contribution is 2.37. The molecule has 88 valence electrons. The summed E-state index contributed by atoms with van der Waals surface area (Å²) in [5.74, 6) is -0.484. The third-order valence-electron chi connectivity index (χ3n) is 1.32. The summed E-state index contributed by atoms with van der Waals surface area (Å²) in [4.78, 5) is 19.5. The highest BCUT2D eigenvalue weighted by Gasteiger charge is 2.13. The average Bonchev–Trinajstić information content (AvgIpc) is 2.09. The van der Waals surface area contributed by atoms with Gasteiger partial charge >= 0.3 is 13.6 Å². The molecule has 1 atom stereocenters. The quantitative estimate of drug-likeness (QED) is 0.232. The van der Waals surface area contributed by atoms with E-state index in [0.29, 0.717) is 13.0 Å². The van der Waals surface area contributed by atoms with Gasteiger partial charge in [0.15, 0.2) is 0 Å². The van der Waals surface area contributed by atoms with Crippen molar-refractivity contribution < 1.29 is 23.6 Å². The molecule has 7 heteroatoms. The Kier molecular flexibility index (Phi) is 6.43. The number of hydrogen-bond donors (Lipinski definition) is 1. The molecule has 0 aliphatic rings. The molecule has 0 saturated carbocycles. The second-order valence-electron chi connectivity index (χ2n) is 2.96. The van der Waals surface area contributed by atoms with Gasteiger partial charge in [0.05, 0.1) is 6.61 Å². The molecule has 1 unspecified atom stereocenters. The standard InChI is InChI=1S/C8H16NO5P/c1-4-8(10)13-7-5-6-9(2)14-15(3,11)12/h4H,1,5-7H2,2-3H3,(H,11,12). The summed E-state index contributed by atoms with van der Waals surface area (Å²) >= 11 is 0. The highest BCUT2D eigenvalue weighted by atomic mass is 31.2. The van der Waals surface area contributed by atoms with Crippen molar-refractivity contribution in [1.29, 1.82) is 0 Å². The summed E-state index contributed by atoms with van der Waals surface area (Å²) < 4.78 is 20.2. The van der Waals surface area contributed by atoms with E-state index in [9.17, 15) is 9.36 Å². The van der Waals surface area contributed by atoms with Crippen LogP contribution in [-0.4, -0.2) is 42.8 Å². The maximum Gasteiger partial charge on any atom is 0.341 e. The monoisotopic (exact) mass is 237 g/mol. The lowest BCUT2D eigenvalue weighted by atomic mass is 10.4. The lowest BCUT2D eigenvalue weighted by molar-refractivity contribution is -0.138. The van der Waals surface area contributed by atoms with E-state index >= 15 is 0 Å². The molecule has 0 fully saturated rings. The summed E-state index contributed by atoms with van der Waals surface area (Å²) in [5.41, 5.74) is 0. The van der Waals surface area contributed by atoms with E-state index in [1.54, 1.807) is 0 Å². The molecule has 0 aromatic rings. The summed E-state index contributed by atoms with van der Waals surface area (Å²) in [6.45, 7) is 4.95. The molecule has 0 bridgehead atoms. The number of carbonyl (C=O) groups is 1. The molecular weight excluding hydrogens is 221 g/mol. The molecule has 0 aromatic heterocycles. The smallest absolute Gasteiger partial charge is 0.341 e. The van der Waals surface area contributed by atoms with E-state index < -0.39 is 13.6 Å². The van der Waals surface area contributed by atoms with Crippen LogP contribution < -0.4 is 0 Å². The van der Waals surface area contributed by atoms with Crippen LogP contribution in [0.5, 0.6) is 0 Å². The van der Waals surface area contributed by atoms with Crippen molar-refractivity contribution in [3.8, 4) is 0 Å². The zero-order valence-electron chi connectivity index (χ0n) is 8.88. The first-order chi connectivity index (χ1) is 6.85. The van der Waals surface area contributed by atoms with Crippen molar-refractivity contribution in [2.75, 3.05) is 26.9 Å². The number of hydroxylamine groups is 2. The van der Waals surface area contributed by atoms with Crippen LogP contribution in [0.15, 0.2) is 12.7 Å². The molecule has 0 aliphatic heterocycles. The first-order valence-corrected chi connectivity index (χ1v) is 6.38. The highest BCUT2D eigenvalue weighted by molar-refractivity contribution is 7.51. The van der Waals surface area contributed by atoms with E-state index in [4.69, 9.17) is 9.63 Å². The van der Waals surface area contributed by atoms with Crippen LogP contribution in [0.4, 0.5) is 0 Å². The lowest BCUT2D eigenvalue weighted by Gasteiger charge is -2.17. The fraction of sp³-hybridized carbons (Fsp3) is 0.625.